The smallest absolute Gasteiger partial charge is 0.279 e. The van der Waals surface area contributed by atoms with Gasteiger partial charge in [-0.1, -0.05) is 30.3 Å². The van der Waals surface area contributed by atoms with Crippen molar-refractivity contribution in [2.24, 2.45) is 12.8 Å². The summed E-state index contributed by atoms with van der Waals surface area (Å²) >= 11 is 0. The van der Waals surface area contributed by atoms with Gasteiger partial charge < -0.3 is 15.1 Å². The van der Waals surface area contributed by atoms with E-state index in [9.17, 15) is 4.79 Å². The molecule has 0 bridgehead atoms. The maximum atomic E-state index is 13.4. The van der Waals surface area contributed by atoms with Crippen molar-refractivity contribution < 1.29 is 4.42 Å². The molecule has 8 nitrogen and oxygen atoms in total. The van der Waals surface area contributed by atoms with E-state index in [1.165, 1.54) is 0 Å². The van der Waals surface area contributed by atoms with Gasteiger partial charge in [-0.25, -0.2) is 4.98 Å². The van der Waals surface area contributed by atoms with Crippen LogP contribution in [-0.2, 0) is 20.0 Å². The number of nitrogens with zero attached hydrogens (tertiary/aromatic N) is 5. The van der Waals surface area contributed by atoms with Crippen molar-refractivity contribution in [2.45, 2.75) is 31.8 Å². The molecule has 1 aliphatic rings. The molecule has 1 aromatic carbocycles. The van der Waals surface area contributed by atoms with Gasteiger partial charge in [0.1, 0.15) is 11.6 Å². The van der Waals surface area contributed by atoms with Crippen LogP contribution >= 0.6 is 0 Å². The number of aromatic nitrogens is 4. The third-order valence-electron chi connectivity index (χ3n) is 5.90. The molecule has 4 aromatic rings. The summed E-state index contributed by atoms with van der Waals surface area (Å²) in [6.45, 7) is 2.13. The minimum atomic E-state index is -0.109. The summed E-state index contributed by atoms with van der Waals surface area (Å²) in [6, 6.07) is 13.9. The van der Waals surface area contributed by atoms with E-state index in [-0.39, 0.29) is 11.6 Å². The zero-order chi connectivity index (χ0) is 21.4. The maximum Gasteiger partial charge on any atom is 0.279 e. The Morgan fingerprint density at radius 1 is 1.16 bits per heavy atom. The minimum absolute atomic E-state index is 0.101. The Morgan fingerprint density at radius 2 is 2.00 bits per heavy atom. The number of piperidine rings is 1. The summed E-state index contributed by atoms with van der Waals surface area (Å²) in [6.07, 6.45) is 4.07. The van der Waals surface area contributed by atoms with E-state index in [1.807, 2.05) is 34.9 Å². The molecule has 0 spiro atoms. The van der Waals surface area contributed by atoms with Crippen LogP contribution in [0.4, 0.5) is 5.95 Å². The molecule has 0 saturated carbocycles. The van der Waals surface area contributed by atoms with E-state index < -0.39 is 0 Å². The molecule has 0 amide bonds. The SMILES string of the molecule is Cn1c(Cc2ccco2)nc2nc(N3CCCC(N)C3)n(Cc3ccccc3)c2c1=O. The minimum Gasteiger partial charge on any atom is -0.469 e. The second-order valence-electron chi connectivity index (χ2n) is 8.15. The Hall–Kier alpha value is -3.39. The van der Waals surface area contributed by atoms with Gasteiger partial charge in [-0.3, -0.25) is 13.9 Å². The van der Waals surface area contributed by atoms with E-state index in [4.69, 9.17) is 20.1 Å². The van der Waals surface area contributed by atoms with Gasteiger partial charge in [0.15, 0.2) is 11.2 Å². The summed E-state index contributed by atoms with van der Waals surface area (Å²) in [5, 5.41) is 0. The van der Waals surface area contributed by atoms with Crippen LogP contribution in [-0.4, -0.2) is 38.2 Å². The number of imidazole rings is 1. The second kappa shape index (κ2) is 8.03. The lowest BCUT2D eigenvalue weighted by Crippen LogP contribution is -2.44. The Bertz CT molecular complexity index is 1240. The molecular formula is C23H26N6O2. The molecule has 8 heteroatoms. The Balaban J connectivity index is 1.65. The van der Waals surface area contributed by atoms with Gasteiger partial charge in [0, 0.05) is 26.2 Å². The quantitative estimate of drug-likeness (QED) is 0.534. The fraction of sp³-hybridized carbons (Fsp3) is 0.348. The van der Waals surface area contributed by atoms with Crippen molar-refractivity contribution in [3.8, 4) is 0 Å². The van der Waals surface area contributed by atoms with E-state index in [0.717, 1.165) is 43.2 Å². The highest BCUT2D eigenvalue weighted by Crippen LogP contribution is 2.24. The van der Waals surface area contributed by atoms with Crippen LogP contribution in [0.15, 0.2) is 57.9 Å². The van der Waals surface area contributed by atoms with Gasteiger partial charge in [0.2, 0.25) is 5.95 Å². The van der Waals surface area contributed by atoms with Crippen LogP contribution in [0.5, 0.6) is 0 Å². The number of rotatable bonds is 5. The third kappa shape index (κ3) is 3.74. The summed E-state index contributed by atoms with van der Waals surface area (Å²) in [7, 11) is 1.75. The molecule has 0 radical (unpaired) electrons. The number of fused-ring (bicyclic) bond motifs is 1. The zero-order valence-corrected chi connectivity index (χ0v) is 17.6. The molecule has 1 atom stereocenters. The van der Waals surface area contributed by atoms with Crippen LogP contribution in [0.3, 0.4) is 0 Å². The first kappa shape index (κ1) is 19.6. The van der Waals surface area contributed by atoms with Crippen molar-refractivity contribution in [3.63, 3.8) is 0 Å². The highest BCUT2D eigenvalue weighted by molar-refractivity contribution is 5.74. The summed E-state index contributed by atoms with van der Waals surface area (Å²) < 4.78 is 9.05. The van der Waals surface area contributed by atoms with Crippen molar-refractivity contribution in [3.05, 3.63) is 76.2 Å². The van der Waals surface area contributed by atoms with Crippen LogP contribution in [0, 0.1) is 0 Å². The molecule has 2 N–H and O–H groups in total. The molecule has 3 aromatic heterocycles. The molecule has 0 aliphatic carbocycles. The molecule has 1 fully saturated rings. The van der Waals surface area contributed by atoms with E-state index in [1.54, 1.807) is 17.9 Å². The standard InChI is InChI=1S/C23H26N6O2/c1-27-19(13-18-10-6-12-31-18)25-21-20(22(27)30)29(14-16-7-3-2-4-8-16)23(26-21)28-11-5-9-17(24)15-28/h2-4,6-8,10,12,17H,5,9,11,13-15,24H2,1H3. The monoisotopic (exact) mass is 418 g/mol. The number of nitrogens with two attached hydrogens (primary N) is 1. The summed E-state index contributed by atoms with van der Waals surface area (Å²) in [5.41, 5.74) is 8.22. The fourth-order valence-electron chi connectivity index (χ4n) is 4.27. The molecule has 1 unspecified atom stereocenters. The predicted octanol–water partition coefficient (Wildman–Crippen LogP) is 2.29. The van der Waals surface area contributed by atoms with Crippen LogP contribution < -0.4 is 16.2 Å². The Morgan fingerprint density at radius 3 is 2.74 bits per heavy atom. The molecule has 5 rings (SSSR count). The predicted molar refractivity (Wildman–Crippen MR) is 119 cm³/mol. The topological polar surface area (TPSA) is 95.1 Å². The maximum absolute atomic E-state index is 13.4. The number of anilines is 1. The van der Waals surface area contributed by atoms with E-state index in [2.05, 4.69) is 17.0 Å². The molecule has 160 valence electrons. The Kier molecular flexibility index (Phi) is 5.07. The summed E-state index contributed by atoms with van der Waals surface area (Å²) in [5.74, 6) is 2.14. The molecule has 4 heterocycles. The highest BCUT2D eigenvalue weighted by atomic mass is 16.3. The molecule has 1 aliphatic heterocycles. The van der Waals surface area contributed by atoms with Crippen molar-refractivity contribution in [2.75, 3.05) is 18.0 Å². The van der Waals surface area contributed by atoms with Gasteiger partial charge >= 0.3 is 0 Å². The van der Waals surface area contributed by atoms with Crippen molar-refractivity contribution >= 4 is 17.1 Å². The lowest BCUT2D eigenvalue weighted by atomic mass is 10.1. The number of hydrogen-bond donors (Lipinski definition) is 1. The Labute approximate surface area is 179 Å². The summed E-state index contributed by atoms with van der Waals surface area (Å²) in [4.78, 5) is 25.2. The number of hydrogen-bond acceptors (Lipinski definition) is 6. The average Bonchev–Trinajstić information content (AvgIpc) is 3.41. The zero-order valence-electron chi connectivity index (χ0n) is 17.6. The first-order chi connectivity index (χ1) is 15.1. The largest absolute Gasteiger partial charge is 0.469 e. The van der Waals surface area contributed by atoms with Gasteiger partial charge in [0.05, 0.1) is 19.2 Å². The van der Waals surface area contributed by atoms with Crippen LogP contribution in [0.25, 0.3) is 11.2 Å². The van der Waals surface area contributed by atoms with Crippen molar-refractivity contribution in [1.82, 2.24) is 19.1 Å². The van der Waals surface area contributed by atoms with E-state index in [0.29, 0.717) is 30.0 Å². The van der Waals surface area contributed by atoms with Gasteiger partial charge in [-0.05, 0) is 30.5 Å². The lowest BCUT2D eigenvalue weighted by molar-refractivity contribution is 0.495. The third-order valence-corrected chi connectivity index (χ3v) is 5.90. The van der Waals surface area contributed by atoms with Crippen molar-refractivity contribution in [1.29, 1.82) is 0 Å². The van der Waals surface area contributed by atoms with Gasteiger partial charge in [-0.2, -0.15) is 4.98 Å². The average molecular weight is 419 g/mol. The van der Waals surface area contributed by atoms with Crippen LogP contribution in [0.1, 0.15) is 30.0 Å². The van der Waals surface area contributed by atoms with E-state index >= 15 is 0 Å². The first-order valence-electron chi connectivity index (χ1n) is 10.6. The molecular weight excluding hydrogens is 392 g/mol. The second-order valence-corrected chi connectivity index (χ2v) is 8.15. The molecule has 1 saturated heterocycles. The fourth-order valence-corrected chi connectivity index (χ4v) is 4.27. The lowest BCUT2D eigenvalue weighted by Gasteiger charge is -2.31. The number of furan rings is 1. The first-order valence-corrected chi connectivity index (χ1v) is 10.6. The number of benzene rings is 1. The van der Waals surface area contributed by atoms with Gasteiger partial charge in [0.25, 0.3) is 5.56 Å². The van der Waals surface area contributed by atoms with Crippen LogP contribution in [0.2, 0.25) is 0 Å². The highest BCUT2D eigenvalue weighted by Gasteiger charge is 2.25. The van der Waals surface area contributed by atoms with Gasteiger partial charge in [-0.15, -0.1) is 0 Å². The molecule has 31 heavy (non-hydrogen) atoms. The normalized spacial score (nSPS) is 16.8.